The van der Waals surface area contributed by atoms with Gasteiger partial charge < -0.3 is 18.6 Å². The monoisotopic (exact) mass is 401 g/mol. The normalized spacial score (nSPS) is 11.7. The summed E-state index contributed by atoms with van der Waals surface area (Å²) >= 11 is 0. The number of benzene rings is 1. The molecular weight excluding hydrogens is 370 g/mol. The summed E-state index contributed by atoms with van der Waals surface area (Å²) in [4.78, 5) is 14.2. The Bertz CT molecular complexity index is 715. The molecule has 7 nitrogen and oxygen atoms in total. The largest absolute Gasteiger partial charge is 0.493 e. The third kappa shape index (κ3) is 7.38. The van der Waals surface area contributed by atoms with Crippen molar-refractivity contribution in [3.05, 3.63) is 23.8 Å². The SMILES string of the molecule is COCCN(Cc1ccc(OC)c(OS(=O)(=O)C(C)C)c1)C(=O)CC(C)C. The summed E-state index contributed by atoms with van der Waals surface area (Å²) in [5.41, 5.74) is 0.748. The van der Waals surface area contributed by atoms with Crippen molar-refractivity contribution < 1.29 is 26.9 Å². The molecule has 0 unspecified atom stereocenters. The third-order valence-corrected chi connectivity index (χ3v) is 5.45. The molecule has 0 heterocycles. The van der Waals surface area contributed by atoms with E-state index in [2.05, 4.69) is 0 Å². The summed E-state index contributed by atoms with van der Waals surface area (Å²) < 4.78 is 39.8. The van der Waals surface area contributed by atoms with Gasteiger partial charge in [0.05, 0.1) is 19.0 Å². The fourth-order valence-corrected chi connectivity index (χ4v) is 2.87. The van der Waals surface area contributed by atoms with Gasteiger partial charge in [0.1, 0.15) is 0 Å². The second-order valence-electron chi connectivity index (χ2n) is 7.02. The van der Waals surface area contributed by atoms with Crippen LogP contribution in [0.5, 0.6) is 11.5 Å². The summed E-state index contributed by atoms with van der Waals surface area (Å²) in [6.45, 7) is 8.27. The zero-order chi connectivity index (χ0) is 20.6. The van der Waals surface area contributed by atoms with Gasteiger partial charge in [-0.05, 0) is 37.5 Å². The Kier molecular flexibility index (Phi) is 9.05. The second kappa shape index (κ2) is 10.5. The number of hydrogen-bond donors (Lipinski definition) is 0. The minimum absolute atomic E-state index is 0.0233. The van der Waals surface area contributed by atoms with Crippen molar-refractivity contribution in [2.45, 2.75) is 45.9 Å². The number of ether oxygens (including phenoxy) is 2. The highest BCUT2D eigenvalue weighted by atomic mass is 32.2. The van der Waals surface area contributed by atoms with Crippen molar-refractivity contribution >= 4 is 16.0 Å². The molecule has 0 saturated carbocycles. The molecule has 27 heavy (non-hydrogen) atoms. The maximum atomic E-state index is 12.5. The van der Waals surface area contributed by atoms with Crippen LogP contribution in [0, 0.1) is 5.92 Å². The first kappa shape index (κ1) is 23.2. The van der Waals surface area contributed by atoms with E-state index in [9.17, 15) is 13.2 Å². The first-order valence-electron chi connectivity index (χ1n) is 8.97. The van der Waals surface area contributed by atoms with E-state index < -0.39 is 15.4 Å². The van der Waals surface area contributed by atoms with Gasteiger partial charge in [-0.2, -0.15) is 8.42 Å². The highest BCUT2D eigenvalue weighted by molar-refractivity contribution is 7.87. The fourth-order valence-electron chi connectivity index (χ4n) is 2.30. The average molecular weight is 402 g/mol. The van der Waals surface area contributed by atoms with Gasteiger partial charge in [0.15, 0.2) is 11.5 Å². The Morgan fingerprint density at radius 3 is 2.30 bits per heavy atom. The molecule has 0 bridgehead atoms. The van der Waals surface area contributed by atoms with Crippen molar-refractivity contribution in [2.24, 2.45) is 5.92 Å². The Hall–Kier alpha value is -1.80. The van der Waals surface area contributed by atoms with Crippen LogP contribution >= 0.6 is 0 Å². The van der Waals surface area contributed by atoms with E-state index >= 15 is 0 Å². The van der Waals surface area contributed by atoms with E-state index in [-0.39, 0.29) is 17.6 Å². The number of nitrogens with zero attached hydrogens (tertiary/aromatic N) is 1. The van der Waals surface area contributed by atoms with Gasteiger partial charge in [0.25, 0.3) is 0 Å². The van der Waals surface area contributed by atoms with Gasteiger partial charge in [0.2, 0.25) is 5.91 Å². The lowest BCUT2D eigenvalue weighted by molar-refractivity contribution is -0.133. The fraction of sp³-hybridized carbons (Fsp3) is 0.632. The van der Waals surface area contributed by atoms with E-state index in [0.29, 0.717) is 31.9 Å². The topological polar surface area (TPSA) is 82.1 Å². The summed E-state index contributed by atoms with van der Waals surface area (Å²) in [6, 6.07) is 5.03. The second-order valence-corrected chi connectivity index (χ2v) is 9.11. The van der Waals surface area contributed by atoms with Crippen LogP contribution in [0.4, 0.5) is 0 Å². The minimum Gasteiger partial charge on any atom is -0.493 e. The molecule has 0 saturated heterocycles. The Labute approximate surface area is 162 Å². The van der Waals surface area contributed by atoms with Crippen molar-refractivity contribution in [3.8, 4) is 11.5 Å². The summed E-state index contributed by atoms with van der Waals surface area (Å²) in [7, 11) is -0.726. The van der Waals surface area contributed by atoms with E-state index in [4.69, 9.17) is 13.7 Å². The molecule has 0 atom stereocenters. The number of methoxy groups -OCH3 is 2. The van der Waals surface area contributed by atoms with Gasteiger partial charge >= 0.3 is 10.1 Å². The zero-order valence-corrected chi connectivity index (χ0v) is 17.8. The molecule has 0 spiro atoms. The molecule has 0 fully saturated rings. The van der Waals surface area contributed by atoms with Crippen LogP contribution in [0.3, 0.4) is 0 Å². The zero-order valence-electron chi connectivity index (χ0n) is 17.0. The Balaban J connectivity index is 3.09. The molecular formula is C19H31NO6S. The van der Waals surface area contributed by atoms with Crippen LogP contribution in [0.15, 0.2) is 18.2 Å². The van der Waals surface area contributed by atoms with Crippen LogP contribution in [0.25, 0.3) is 0 Å². The molecule has 0 aliphatic rings. The molecule has 1 amide bonds. The van der Waals surface area contributed by atoms with Crippen LogP contribution in [-0.4, -0.2) is 51.8 Å². The lowest BCUT2D eigenvalue weighted by Crippen LogP contribution is -2.34. The van der Waals surface area contributed by atoms with Crippen molar-refractivity contribution in [1.29, 1.82) is 0 Å². The molecule has 0 radical (unpaired) electrons. The van der Waals surface area contributed by atoms with Crippen LogP contribution < -0.4 is 8.92 Å². The lowest BCUT2D eigenvalue weighted by Gasteiger charge is -2.24. The molecule has 1 aromatic carbocycles. The van der Waals surface area contributed by atoms with E-state index in [1.165, 1.54) is 7.11 Å². The summed E-state index contributed by atoms with van der Waals surface area (Å²) in [5, 5.41) is -0.684. The Morgan fingerprint density at radius 1 is 1.11 bits per heavy atom. The lowest BCUT2D eigenvalue weighted by atomic mass is 10.1. The maximum absolute atomic E-state index is 12.5. The number of amides is 1. The molecule has 0 aliphatic heterocycles. The van der Waals surface area contributed by atoms with E-state index in [0.717, 1.165) is 5.56 Å². The van der Waals surface area contributed by atoms with Crippen LogP contribution in [0.1, 0.15) is 39.7 Å². The number of carbonyl (C=O) groups excluding carboxylic acids is 1. The number of carbonyl (C=O) groups is 1. The predicted octanol–water partition coefficient (Wildman–Crippen LogP) is 2.83. The standard InChI is InChI=1S/C19H31NO6S/c1-14(2)11-19(21)20(9-10-24-5)13-16-7-8-17(25-6)18(12-16)26-27(22,23)15(3)4/h7-8,12,14-15H,9-11,13H2,1-6H3. The molecule has 0 aliphatic carbocycles. The number of hydrogen-bond acceptors (Lipinski definition) is 6. The van der Waals surface area contributed by atoms with E-state index in [1.54, 1.807) is 44.1 Å². The van der Waals surface area contributed by atoms with Gasteiger partial charge in [0, 0.05) is 26.6 Å². The summed E-state index contributed by atoms with van der Waals surface area (Å²) in [6.07, 6.45) is 0.435. The van der Waals surface area contributed by atoms with Crippen molar-refractivity contribution in [2.75, 3.05) is 27.4 Å². The third-order valence-electron chi connectivity index (χ3n) is 3.89. The molecule has 0 aromatic heterocycles. The van der Waals surface area contributed by atoms with E-state index in [1.807, 2.05) is 13.8 Å². The Morgan fingerprint density at radius 2 is 1.78 bits per heavy atom. The number of rotatable bonds is 11. The van der Waals surface area contributed by atoms with Crippen molar-refractivity contribution in [3.63, 3.8) is 0 Å². The molecule has 1 aromatic rings. The highest BCUT2D eigenvalue weighted by Crippen LogP contribution is 2.30. The minimum atomic E-state index is -3.76. The molecule has 1 rings (SSSR count). The predicted molar refractivity (Wildman–Crippen MR) is 104 cm³/mol. The molecule has 8 heteroatoms. The highest BCUT2D eigenvalue weighted by Gasteiger charge is 2.22. The van der Waals surface area contributed by atoms with Gasteiger partial charge in [-0.1, -0.05) is 19.9 Å². The van der Waals surface area contributed by atoms with Crippen molar-refractivity contribution in [1.82, 2.24) is 4.90 Å². The van der Waals surface area contributed by atoms with Gasteiger partial charge in [-0.15, -0.1) is 0 Å². The van der Waals surface area contributed by atoms with Crippen LogP contribution in [-0.2, 0) is 26.2 Å². The van der Waals surface area contributed by atoms with Gasteiger partial charge in [-0.25, -0.2) is 0 Å². The van der Waals surface area contributed by atoms with Gasteiger partial charge in [-0.3, -0.25) is 4.79 Å². The summed E-state index contributed by atoms with van der Waals surface area (Å²) in [5.74, 6) is 0.704. The first-order valence-corrected chi connectivity index (χ1v) is 10.4. The maximum Gasteiger partial charge on any atom is 0.311 e. The average Bonchev–Trinajstić information content (AvgIpc) is 2.57. The molecule has 0 N–H and O–H groups in total. The molecule has 154 valence electrons. The van der Waals surface area contributed by atoms with Crippen LogP contribution in [0.2, 0.25) is 0 Å². The smallest absolute Gasteiger partial charge is 0.311 e. The first-order chi connectivity index (χ1) is 12.6. The quantitative estimate of drug-likeness (QED) is 0.530.